The fourth-order valence-corrected chi connectivity index (χ4v) is 14.3. The zero-order chi connectivity index (χ0) is 74.2. The van der Waals surface area contributed by atoms with E-state index in [9.17, 15) is 43.2 Å². The van der Waals surface area contributed by atoms with E-state index in [4.69, 9.17) is 37.0 Å². The molecule has 0 aliphatic carbocycles. The van der Waals surface area contributed by atoms with E-state index >= 15 is 0 Å². The molecule has 0 fully saturated rings. The number of carbonyl (C=O) groups excluding carboxylic acids is 4. The molecule has 0 aromatic rings. The number of unbranched alkanes of at least 4 members (excludes halogenated alkanes) is 50. The number of rotatable bonds is 81. The Labute approximate surface area is 619 Å². The highest BCUT2D eigenvalue weighted by Gasteiger charge is 2.30. The van der Waals surface area contributed by atoms with Crippen LogP contribution in [0.1, 0.15) is 433 Å². The number of hydrogen-bond acceptors (Lipinski definition) is 15. The van der Waals surface area contributed by atoms with Gasteiger partial charge in [0.2, 0.25) is 0 Å². The molecule has 0 aliphatic heterocycles. The minimum atomic E-state index is -4.96. The summed E-state index contributed by atoms with van der Waals surface area (Å²) in [5.74, 6) is -0.614. The van der Waals surface area contributed by atoms with E-state index in [1.165, 1.54) is 244 Å². The SMILES string of the molecule is CCCCCCCCCCCCCCCCCCCCCCCCC(=O)O[C@H](COC(=O)CCCCCCCCCCCCCCCCC)COP(=O)(O)OC[C@@H](O)COP(=O)(O)OC[C@@H](COC(=O)CCCCCCCCC(C)CC)OC(=O)CCCCCCCCCCCCCC(C)C. The van der Waals surface area contributed by atoms with Gasteiger partial charge in [-0.2, -0.15) is 0 Å². The lowest BCUT2D eigenvalue weighted by Gasteiger charge is -2.21. The Morgan fingerprint density at radius 3 is 0.752 bits per heavy atom. The monoisotopic (exact) mass is 1480 g/mol. The van der Waals surface area contributed by atoms with Crippen molar-refractivity contribution in [3.05, 3.63) is 0 Å². The van der Waals surface area contributed by atoms with Crippen LogP contribution in [-0.2, 0) is 65.4 Å². The zero-order valence-electron chi connectivity index (χ0n) is 66.2. The Hall–Kier alpha value is -1.94. The third kappa shape index (κ3) is 74.7. The van der Waals surface area contributed by atoms with Crippen molar-refractivity contribution in [2.24, 2.45) is 11.8 Å². The Balaban J connectivity index is 5.21. The van der Waals surface area contributed by atoms with E-state index in [1.807, 2.05) is 0 Å². The van der Waals surface area contributed by atoms with Gasteiger partial charge in [0, 0.05) is 25.7 Å². The van der Waals surface area contributed by atoms with Crippen LogP contribution < -0.4 is 0 Å². The summed E-state index contributed by atoms with van der Waals surface area (Å²) in [5, 5.41) is 10.6. The summed E-state index contributed by atoms with van der Waals surface area (Å²) in [6, 6.07) is 0. The molecule has 0 rings (SSSR count). The molecule has 0 aliphatic rings. The molecule has 0 radical (unpaired) electrons. The summed E-state index contributed by atoms with van der Waals surface area (Å²) in [7, 11) is -9.92. The number of phosphoric ester groups is 2. The zero-order valence-corrected chi connectivity index (χ0v) is 68.0. The maximum atomic E-state index is 13.1. The van der Waals surface area contributed by atoms with Gasteiger partial charge < -0.3 is 33.8 Å². The lowest BCUT2D eigenvalue weighted by molar-refractivity contribution is -0.161. The van der Waals surface area contributed by atoms with Crippen molar-refractivity contribution in [3.8, 4) is 0 Å². The molecule has 3 unspecified atom stereocenters. The first kappa shape index (κ1) is 99.1. The van der Waals surface area contributed by atoms with Crippen LogP contribution in [0, 0.1) is 11.8 Å². The van der Waals surface area contributed by atoms with E-state index in [1.54, 1.807) is 0 Å². The van der Waals surface area contributed by atoms with E-state index in [0.717, 1.165) is 108 Å². The third-order valence-corrected chi connectivity index (χ3v) is 21.5. The topological polar surface area (TPSA) is 237 Å². The predicted octanol–water partition coefficient (Wildman–Crippen LogP) is 24.7. The summed E-state index contributed by atoms with van der Waals surface area (Å²) in [6.45, 7) is 9.60. The molecule has 0 heterocycles. The average Bonchev–Trinajstić information content (AvgIpc) is 0.948. The Kier molecular flexibility index (Phi) is 72.2. The number of hydrogen-bond donors (Lipinski definition) is 3. The molecular formula is C82H160O17P2. The van der Waals surface area contributed by atoms with Crippen LogP contribution in [0.3, 0.4) is 0 Å². The fraction of sp³-hybridized carbons (Fsp3) is 0.951. The van der Waals surface area contributed by atoms with Gasteiger partial charge in [-0.25, -0.2) is 9.13 Å². The summed E-state index contributed by atoms with van der Waals surface area (Å²) >= 11 is 0. The molecule has 0 aromatic carbocycles. The van der Waals surface area contributed by atoms with Gasteiger partial charge in [-0.15, -0.1) is 0 Å². The standard InChI is InChI=1S/C82H160O17P2/c1-7-10-12-14-16-18-20-22-24-25-26-27-28-29-30-32-34-38-42-46-54-60-66-81(86)98-77(70-92-79(84)64-58-52-45-41-37-33-31-23-21-19-17-15-13-11-8-2)72-96-100(88,89)94-68-76(83)69-95-101(90,91)97-73-78(71-93-80(85)65-59-53-49-48-51-57-63-75(6)9-3)99-82(87)67-61-55-47-43-39-35-36-40-44-50-56-62-74(4)5/h74-78,83H,7-73H2,1-6H3,(H,88,89)(H,90,91)/t75?,76-,77-,78-/m1/s1. The number of aliphatic hydroxyl groups is 1. The smallest absolute Gasteiger partial charge is 0.462 e. The highest BCUT2D eigenvalue weighted by atomic mass is 31.2. The molecule has 17 nitrogen and oxygen atoms in total. The first-order chi connectivity index (χ1) is 48.9. The summed E-state index contributed by atoms with van der Waals surface area (Å²) in [6.07, 6.45) is 64.0. The molecule has 3 N–H and O–H groups in total. The molecule has 0 saturated carbocycles. The molecule has 101 heavy (non-hydrogen) atoms. The van der Waals surface area contributed by atoms with Gasteiger partial charge in [-0.05, 0) is 37.5 Å². The molecule has 600 valence electrons. The lowest BCUT2D eigenvalue weighted by Crippen LogP contribution is -2.30. The van der Waals surface area contributed by atoms with Gasteiger partial charge in [-0.3, -0.25) is 37.3 Å². The maximum absolute atomic E-state index is 13.1. The Morgan fingerprint density at radius 1 is 0.287 bits per heavy atom. The minimum Gasteiger partial charge on any atom is -0.462 e. The largest absolute Gasteiger partial charge is 0.472 e. The van der Waals surface area contributed by atoms with Crippen LogP contribution in [0.5, 0.6) is 0 Å². The van der Waals surface area contributed by atoms with Crippen molar-refractivity contribution in [1.82, 2.24) is 0 Å². The van der Waals surface area contributed by atoms with Gasteiger partial charge in [0.05, 0.1) is 26.4 Å². The van der Waals surface area contributed by atoms with E-state index in [2.05, 4.69) is 41.5 Å². The van der Waals surface area contributed by atoms with Crippen molar-refractivity contribution in [2.75, 3.05) is 39.6 Å². The van der Waals surface area contributed by atoms with Gasteiger partial charge in [0.15, 0.2) is 12.2 Å². The van der Waals surface area contributed by atoms with E-state index in [0.29, 0.717) is 25.7 Å². The minimum absolute atomic E-state index is 0.106. The number of carbonyl (C=O) groups is 4. The highest BCUT2D eigenvalue weighted by molar-refractivity contribution is 7.47. The van der Waals surface area contributed by atoms with Crippen LogP contribution in [0.2, 0.25) is 0 Å². The second kappa shape index (κ2) is 73.6. The summed E-state index contributed by atoms with van der Waals surface area (Å²) in [4.78, 5) is 73.0. The molecule has 19 heteroatoms. The quantitative estimate of drug-likeness (QED) is 0.0222. The first-order valence-electron chi connectivity index (χ1n) is 42.5. The van der Waals surface area contributed by atoms with Crippen LogP contribution in [-0.4, -0.2) is 96.7 Å². The predicted molar refractivity (Wildman–Crippen MR) is 414 cm³/mol. The second-order valence-corrected chi connectivity index (χ2v) is 33.1. The van der Waals surface area contributed by atoms with Crippen molar-refractivity contribution >= 4 is 39.5 Å². The molecule has 0 aromatic heterocycles. The molecule has 0 amide bonds. The van der Waals surface area contributed by atoms with Gasteiger partial charge in [0.25, 0.3) is 0 Å². The molecule has 6 atom stereocenters. The summed E-state index contributed by atoms with van der Waals surface area (Å²) < 4.78 is 68.7. The number of esters is 4. The number of aliphatic hydroxyl groups excluding tert-OH is 1. The third-order valence-electron chi connectivity index (χ3n) is 19.6. The Morgan fingerprint density at radius 2 is 0.505 bits per heavy atom. The van der Waals surface area contributed by atoms with Crippen molar-refractivity contribution in [2.45, 2.75) is 452 Å². The first-order valence-corrected chi connectivity index (χ1v) is 45.5. The van der Waals surface area contributed by atoms with Crippen LogP contribution >= 0.6 is 15.6 Å². The fourth-order valence-electron chi connectivity index (χ4n) is 12.7. The average molecular weight is 1480 g/mol. The second-order valence-electron chi connectivity index (χ2n) is 30.2. The molecule has 0 spiro atoms. The van der Waals surface area contributed by atoms with Crippen molar-refractivity contribution < 1.29 is 80.2 Å². The van der Waals surface area contributed by atoms with Crippen LogP contribution in [0.25, 0.3) is 0 Å². The number of phosphoric acid groups is 2. The van der Waals surface area contributed by atoms with Crippen LogP contribution in [0.15, 0.2) is 0 Å². The Bertz CT molecular complexity index is 1940. The lowest BCUT2D eigenvalue weighted by atomic mass is 10.00. The van der Waals surface area contributed by atoms with E-state index in [-0.39, 0.29) is 25.7 Å². The van der Waals surface area contributed by atoms with Crippen molar-refractivity contribution in [1.29, 1.82) is 0 Å². The van der Waals surface area contributed by atoms with Gasteiger partial charge in [-0.1, -0.05) is 382 Å². The van der Waals surface area contributed by atoms with Gasteiger partial charge >= 0.3 is 39.5 Å². The normalized spacial score (nSPS) is 14.2. The molecular weight excluding hydrogens is 1320 g/mol. The molecule has 0 saturated heterocycles. The van der Waals surface area contributed by atoms with Crippen molar-refractivity contribution in [3.63, 3.8) is 0 Å². The maximum Gasteiger partial charge on any atom is 0.472 e. The highest BCUT2D eigenvalue weighted by Crippen LogP contribution is 2.45. The van der Waals surface area contributed by atoms with Crippen LogP contribution in [0.4, 0.5) is 0 Å². The van der Waals surface area contributed by atoms with E-state index < -0.39 is 97.5 Å². The number of ether oxygens (including phenoxy) is 4. The molecule has 0 bridgehead atoms. The van der Waals surface area contributed by atoms with Gasteiger partial charge in [0.1, 0.15) is 19.3 Å². The summed E-state index contributed by atoms with van der Waals surface area (Å²) in [5.41, 5.74) is 0.